The second-order valence-corrected chi connectivity index (χ2v) is 11.4. The van der Waals surface area contributed by atoms with Gasteiger partial charge in [-0.15, -0.1) is 0 Å². The van der Waals surface area contributed by atoms with Gasteiger partial charge in [0.2, 0.25) is 21.8 Å². The van der Waals surface area contributed by atoms with Gasteiger partial charge in [-0.2, -0.15) is 0 Å². The number of aryl methyl sites for hydroxylation is 1. The quantitative estimate of drug-likeness (QED) is 0.339. The van der Waals surface area contributed by atoms with Crippen LogP contribution in [0, 0.1) is 12.7 Å². The predicted octanol–water partition coefficient (Wildman–Crippen LogP) is 4.46. The number of amides is 2. The van der Waals surface area contributed by atoms with Gasteiger partial charge in [-0.25, -0.2) is 12.8 Å². The molecule has 3 rings (SSSR count). The van der Waals surface area contributed by atoms with E-state index in [0.29, 0.717) is 24.2 Å². The summed E-state index contributed by atoms with van der Waals surface area (Å²) >= 11 is 0. The van der Waals surface area contributed by atoms with Gasteiger partial charge in [-0.1, -0.05) is 60.7 Å². The Kier molecular flexibility index (Phi) is 10.6. The van der Waals surface area contributed by atoms with Crippen LogP contribution in [0.5, 0.6) is 0 Å². The van der Waals surface area contributed by atoms with E-state index in [2.05, 4.69) is 5.32 Å². The van der Waals surface area contributed by atoms with Crippen LogP contribution in [0.4, 0.5) is 10.1 Å². The number of para-hydroxylation sites is 1. The molecule has 0 aliphatic heterocycles. The second kappa shape index (κ2) is 13.9. The average molecular weight is 554 g/mol. The third-order valence-corrected chi connectivity index (χ3v) is 7.60. The van der Waals surface area contributed by atoms with Gasteiger partial charge in [-0.3, -0.25) is 13.9 Å². The number of carbonyl (C=O) groups is 2. The summed E-state index contributed by atoms with van der Waals surface area (Å²) in [5.41, 5.74) is 2.96. The second-order valence-electron chi connectivity index (χ2n) is 9.47. The Bertz CT molecular complexity index is 1350. The fourth-order valence-electron chi connectivity index (χ4n) is 4.46. The SMILES string of the molecule is CCNC(=O)[C@H](Cc1ccccc1)N(Cc1ccc(F)cc1)C(=O)CCCN(c1ccccc1C)S(C)(=O)=O. The third kappa shape index (κ3) is 8.64. The summed E-state index contributed by atoms with van der Waals surface area (Å²) < 4.78 is 40.0. The van der Waals surface area contributed by atoms with Crippen LogP contribution < -0.4 is 9.62 Å². The standard InChI is InChI=1S/C30H36FN3O4S/c1-4-32-30(36)28(21-24-12-6-5-7-13-24)33(22-25-16-18-26(31)19-17-25)29(35)15-10-20-34(39(3,37)38)27-14-9-8-11-23(27)2/h5-9,11-14,16-19,28H,4,10,15,20-22H2,1-3H3,(H,32,36)/t28-/m0/s1. The molecule has 2 amide bonds. The lowest BCUT2D eigenvalue weighted by atomic mass is 10.0. The van der Waals surface area contributed by atoms with Crippen LogP contribution in [0.3, 0.4) is 0 Å². The van der Waals surface area contributed by atoms with E-state index in [1.807, 2.05) is 56.3 Å². The minimum Gasteiger partial charge on any atom is -0.355 e. The first-order chi connectivity index (χ1) is 18.6. The van der Waals surface area contributed by atoms with Crippen LogP contribution in [-0.2, 0) is 32.6 Å². The van der Waals surface area contributed by atoms with Crippen LogP contribution in [0.1, 0.15) is 36.5 Å². The first kappa shape index (κ1) is 29.8. The maximum absolute atomic E-state index is 13.7. The highest BCUT2D eigenvalue weighted by Gasteiger charge is 2.30. The number of hydrogen-bond acceptors (Lipinski definition) is 4. The van der Waals surface area contributed by atoms with Gasteiger partial charge in [0.05, 0.1) is 11.9 Å². The van der Waals surface area contributed by atoms with E-state index in [9.17, 15) is 22.4 Å². The molecule has 0 fully saturated rings. The number of nitrogens with one attached hydrogen (secondary N) is 1. The number of benzene rings is 3. The van der Waals surface area contributed by atoms with Crippen molar-refractivity contribution in [2.75, 3.05) is 23.7 Å². The molecule has 0 unspecified atom stereocenters. The van der Waals surface area contributed by atoms with Crippen molar-refractivity contribution in [2.45, 2.75) is 45.7 Å². The largest absolute Gasteiger partial charge is 0.355 e. The summed E-state index contributed by atoms with van der Waals surface area (Å²) in [4.78, 5) is 28.4. The number of carbonyl (C=O) groups excluding carboxylic acids is 2. The Morgan fingerprint density at radius 1 is 0.923 bits per heavy atom. The average Bonchev–Trinajstić information content (AvgIpc) is 2.90. The molecule has 0 saturated heterocycles. The van der Waals surface area contributed by atoms with Gasteiger partial charge in [0.15, 0.2) is 0 Å². The Balaban J connectivity index is 1.86. The molecular formula is C30H36FN3O4S. The van der Waals surface area contributed by atoms with Gasteiger partial charge in [-0.05, 0) is 55.2 Å². The molecule has 9 heteroatoms. The molecule has 0 aliphatic carbocycles. The summed E-state index contributed by atoms with van der Waals surface area (Å²) in [7, 11) is -3.58. The van der Waals surface area contributed by atoms with Crippen molar-refractivity contribution in [2.24, 2.45) is 0 Å². The minimum absolute atomic E-state index is 0.0315. The first-order valence-electron chi connectivity index (χ1n) is 13.0. The molecule has 0 spiro atoms. The van der Waals surface area contributed by atoms with Crippen molar-refractivity contribution in [1.29, 1.82) is 0 Å². The third-order valence-electron chi connectivity index (χ3n) is 6.42. The fraction of sp³-hybridized carbons (Fsp3) is 0.333. The molecule has 3 aromatic rings. The van der Waals surface area contributed by atoms with E-state index in [-0.39, 0.29) is 37.7 Å². The van der Waals surface area contributed by atoms with Gasteiger partial charge >= 0.3 is 0 Å². The van der Waals surface area contributed by atoms with Gasteiger partial charge in [0, 0.05) is 32.5 Å². The molecule has 39 heavy (non-hydrogen) atoms. The van der Waals surface area contributed by atoms with E-state index in [1.165, 1.54) is 21.3 Å². The molecule has 0 radical (unpaired) electrons. The van der Waals surface area contributed by atoms with Crippen LogP contribution in [0.15, 0.2) is 78.9 Å². The molecule has 1 N–H and O–H groups in total. The van der Waals surface area contributed by atoms with E-state index in [4.69, 9.17) is 0 Å². The lowest BCUT2D eigenvalue weighted by Gasteiger charge is -2.32. The summed E-state index contributed by atoms with van der Waals surface area (Å²) in [6.45, 7) is 4.28. The number of anilines is 1. The van der Waals surface area contributed by atoms with E-state index in [0.717, 1.165) is 17.4 Å². The number of likely N-dealkylation sites (N-methyl/N-ethyl adjacent to an activating group) is 1. The summed E-state index contributed by atoms with van der Waals surface area (Å²) in [5, 5.41) is 2.84. The fourth-order valence-corrected chi connectivity index (χ4v) is 5.48. The van der Waals surface area contributed by atoms with Crippen molar-refractivity contribution in [3.63, 3.8) is 0 Å². The molecule has 0 heterocycles. The zero-order valence-corrected chi connectivity index (χ0v) is 23.5. The van der Waals surface area contributed by atoms with Crippen molar-refractivity contribution < 1.29 is 22.4 Å². The number of hydrogen-bond donors (Lipinski definition) is 1. The molecule has 0 aromatic heterocycles. The Labute approximate surface area is 230 Å². The first-order valence-corrected chi connectivity index (χ1v) is 14.8. The number of nitrogens with zero attached hydrogens (tertiary/aromatic N) is 2. The lowest BCUT2D eigenvalue weighted by Crippen LogP contribution is -2.50. The Morgan fingerprint density at radius 3 is 2.18 bits per heavy atom. The van der Waals surface area contributed by atoms with E-state index < -0.39 is 21.9 Å². The van der Waals surface area contributed by atoms with Gasteiger partial charge in [0.25, 0.3) is 0 Å². The zero-order valence-electron chi connectivity index (χ0n) is 22.6. The highest BCUT2D eigenvalue weighted by atomic mass is 32.2. The van der Waals surface area contributed by atoms with Crippen LogP contribution in [0.2, 0.25) is 0 Å². The smallest absolute Gasteiger partial charge is 0.243 e. The highest BCUT2D eigenvalue weighted by Crippen LogP contribution is 2.23. The molecule has 208 valence electrons. The summed E-state index contributed by atoms with van der Waals surface area (Å²) in [6, 6.07) is 21.7. The molecule has 3 aromatic carbocycles. The Morgan fingerprint density at radius 2 is 1.56 bits per heavy atom. The van der Waals surface area contributed by atoms with Crippen molar-refractivity contribution in [1.82, 2.24) is 10.2 Å². The molecule has 7 nitrogen and oxygen atoms in total. The molecule has 0 aliphatic rings. The normalized spacial score (nSPS) is 12.0. The Hall–Kier alpha value is -3.72. The molecule has 0 saturated carbocycles. The van der Waals surface area contributed by atoms with E-state index >= 15 is 0 Å². The number of halogens is 1. The molecular weight excluding hydrogens is 517 g/mol. The minimum atomic E-state index is -3.58. The summed E-state index contributed by atoms with van der Waals surface area (Å²) in [5.74, 6) is -0.961. The zero-order chi connectivity index (χ0) is 28.4. The van der Waals surface area contributed by atoms with Crippen LogP contribution in [-0.4, -0.2) is 50.5 Å². The molecule has 0 bridgehead atoms. The monoisotopic (exact) mass is 553 g/mol. The number of sulfonamides is 1. The lowest BCUT2D eigenvalue weighted by molar-refractivity contribution is -0.141. The van der Waals surface area contributed by atoms with Crippen LogP contribution in [0.25, 0.3) is 0 Å². The maximum atomic E-state index is 13.7. The van der Waals surface area contributed by atoms with Gasteiger partial charge in [0.1, 0.15) is 11.9 Å². The van der Waals surface area contributed by atoms with Crippen molar-refractivity contribution in [3.05, 3.63) is 101 Å². The topological polar surface area (TPSA) is 86.8 Å². The highest BCUT2D eigenvalue weighted by molar-refractivity contribution is 7.92. The van der Waals surface area contributed by atoms with Crippen molar-refractivity contribution in [3.8, 4) is 0 Å². The summed E-state index contributed by atoms with van der Waals surface area (Å²) in [6.07, 6.45) is 1.74. The predicted molar refractivity (Wildman–Crippen MR) is 152 cm³/mol. The van der Waals surface area contributed by atoms with Crippen LogP contribution >= 0.6 is 0 Å². The molecule has 1 atom stereocenters. The van der Waals surface area contributed by atoms with E-state index in [1.54, 1.807) is 24.3 Å². The maximum Gasteiger partial charge on any atom is 0.243 e. The van der Waals surface area contributed by atoms with Crippen molar-refractivity contribution >= 4 is 27.5 Å². The van der Waals surface area contributed by atoms with Gasteiger partial charge < -0.3 is 10.2 Å². The number of rotatable bonds is 13.